The Labute approximate surface area is 120 Å². The zero-order valence-corrected chi connectivity index (χ0v) is 13.1. The van der Waals surface area contributed by atoms with E-state index in [-0.39, 0.29) is 12.5 Å². The summed E-state index contributed by atoms with van der Waals surface area (Å²) in [7, 11) is 0. The molecular formula is C15H23N3O2. The van der Waals surface area contributed by atoms with Crippen molar-refractivity contribution in [2.75, 3.05) is 0 Å². The van der Waals surface area contributed by atoms with Crippen LogP contribution in [-0.2, 0) is 16.1 Å². The van der Waals surface area contributed by atoms with Crippen LogP contribution in [0.1, 0.15) is 40.3 Å². The molecule has 0 aliphatic heterocycles. The number of esters is 1. The molecule has 0 fully saturated rings. The lowest BCUT2D eigenvalue weighted by molar-refractivity contribution is -0.155. The fraction of sp³-hybridized carbons (Fsp3) is 0.533. The molecule has 0 saturated heterocycles. The third-order valence-electron chi connectivity index (χ3n) is 2.44. The average molecular weight is 277 g/mol. The van der Waals surface area contributed by atoms with Gasteiger partial charge in [-0.2, -0.15) is 5.10 Å². The van der Waals surface area contributed by atoms with Gasteiger partial charge in [0.25, 0.3) is 0 Å². The highest BCUT2D eigenvalue weighted by atomic mass is 16.6. The van der Waals surface area contributed by atoms with E-state index in [1.807, 2.05) is 47.6 Å². The first-order valence-electron chi connectivity index (χ1n) is 6.86. The molecule has 5 heteroatoms. The second kappa shape index (κ2) is 6.50. The van der Waals surface area contributed by atoms with Crippen molar-refractivity contribution < 1.29 is 9.53 Å². The summed E-state index contributed by atoms with van der Waals surface area (Å²) in [5, 5.41) is 5.34. The van der Waals surface area contributed by atoms with Crippen LogP contribution in [-0.4, -0.2) is 26.3 Å². The number of hydrogen-bond donors (Lipinski definition) is 0. The van der Waals surface area contributed by atoms with Crippen LogP contribution in [0.3, 0.4) is 0 Å². The molecule has 0 N–H and O–H groups in total. The topological polar surface area (TPSA) is 57.0 Å². The summed E-state index contributed by atoms with van der Waals surface area (Å²) in [5.41, 5.74) is 1.25. The van der Waals surface area contributed by atoms with Crippen molar-refractivity contribution in [2.24, 2.45) is 0 Å². The fourth-order valence-electron chi connectivity index (χ4n) is 1.80. The maximum absolute atomic E-state index is 11.8. The second-order valence-electron chi connectivity index (χ2n) is 5.22. The van der Waals surface area contributed by atoms with Crippen LogP contribution in [0.2, 0.25) is 0 Å². The number of hydrogen-bond acceptors (Lipinski definition) is 4. The van der Waals surface area contributed by atoms with E-state index in [2.05, 4.69) is 10.1 Å². The molecule has 0 aliphatic rings. The van der Waals surface area contributed by atoms with Crippen molar-refractivity contribution in [3.63, 3.8) is 0 Å². The monoisotopic (exact) mass is 277 g/mol. The van der Waals surface area contributed by atoms with Gasteiger partial charge in [-0.05, 0) is 33.8 Å². The van der Waals surface area contributed by atoms with Crippen molar-refractivity contribution in [2.45, 2.75) is 53.7 Å². The highest BCUT2D eigenvalue weighted by Gasteiger charge is 2.18. The molecule has 0 atom stereocenters. The number of pyridine rings is 1. The summed E-state index contributed by atoms with van der Waals surface area (Å²) in [6.07, 6.45) is 3.43. The maximum atomic E-state index is 11.8. The smallest absolute Gasteiger partial charge is 0.328 e. The highest BCUT2D eigenvalue weighted by molar-refractivity contribution is 5.82. The van der Waals surface area contributed by atoms with Crippen molar-refractivity contribution in [3.05, 3.63) is 24.2 Å². The number of rotatable bonds is 2. The van der Waals surface area contributed by atoms with E-state index in [1.54, 1.807) is 17.1 Å². The Balaban J connectivity index is 0.000000956. The van der Waals surface area contributed by atoms with Crippen LogP contribution in [0.4, 0.5) is 0 Å². The summed E-state index contributed by atoms with van der Waals surface area (Å²) in [5.74, 6) is -0.296. The van der Waals surface area contributed by atoms with Gasteiger partial charge in [-0.25, -0.2) is 0 Å². The van der Waals surface area contributed by atoms with Gasteiger partial charge in [-0.15, -0.1) is 0 Å². The van der Waals surface area contributed by atoms with E-state index < -0.39 is 5.60 Å². The van der Waals surface area contributed by atoms with Gasteiger partial charge in [0.2, 0.25) is 0 Å². The standard InChI is InChI=1S/C13H17N3O2.C2H6/c1-9-10-5-6-14-7-11(10)16(15-9)8-12(17)18-13(2,3)4;1-2/h5-7H,8H2,1-4H3;1-2H3. The third kappa shape index (κ3) is 4.05. The lowest BCUT2D eigenvalue weighted by atomic mass is 10.2. The molecule has 110 valence electrons. The Morgan fingerprint density at radius 3 is 2.60 bits per heavy atom. The van der Waals surface area contributed by atoms with Crippen LogP contribution in [0.25, 0.3) is 10.9 Å². The van der Waals surface area contributed by atoms with Gasteiger partial charge in [0, 0.05) is 11.6 Å². The van der Waals surface area contributed by atoms with Crippen LogP contribution in [0.5, 0.6) is 0 Å². The van der Waals surface area contributed by atoms with E-state index in [0.29, 0.717) is 0 Å². The number of aromatic nitrogens is 3. The maximum Gasteiger partial charge on any atom is 0.328 e. The van der Waals surface area contributed by atoms with Gasteiger partial charge in [0.05, 0.1) is 17.4 Å². The Morgan fingerprint density at radius 2 is 2.00 bits per heavy atom. The number of fused-ring (bicyclic) bond motifs is 1. The van der Waals surface area contributed by atoms with Gasteiger partial charge >= 0.3 is 5.97 Å². The van der Waals surface area contributed by atoms with Crippen LogP contribution in [0.15, 0.2) is 18.5 Å². The zero-order valence-electron chi connectivity index (χ0n) is 13.1. The van der Waals surface area contributed by atoms with E-state index >= 15 is 0 Å². The lowest BCUT2D eigenvalue weighted by Gasteiger charge is -2.19. The predicted molar refractivity (Wildman–Crippen MR) is 79.5 cm³/mol. The van der Waals surface area contributed by atoms with Crippen LogP contribution >= 0.6 is 0 Å². The number of carbonyl (C=O) groups excluding carboxylic acids is 1. The van der Waals surface area contributed by atoms with E-state index in [4.69, 9.17) is 4.74 Å². The van der Waals surface area contributed by atoms with Crippen LogP contribution < -0.4 is 0 Å². The molecule has 0 saturated carbocycles. The van der Waals surface area contributed by atoms with Gasteiger partial charge in [0.15, 0.2) is 0 Å². The molecule has 5 nitrogen and oxygen atoms in total. The molecule has 20 heavy (non-hydrogen) atoms. The Bertz CT molecular complexity index is 582. The molecule has 0 spiro atoms. The minimum atomic E-state index is -0.479. The van der Waals surface area contributed by atoms with Gasteiger partial charge in [0.1, 0.15) is 12.1 Å². The molecule has 0 aliphatic carbocycles. The zero-order chi connectivity index (χ0) is 15.3. The van der Waals surface area contributed by atoms with Crippen LogP contribution in [0, 0.1) is 6.92 Å². The Kier molecular flexibility index (Phi) is 5.25. The van der Waals surface area contributed by atoms with E-state index in [9.17, 15) is 4.79 Å². The summed E-state index contributed by atoms with van der Waals surface area (Å²) in [4.78, 5) is 15.8. The first kappa shape index (κ1) is 16.1. The minimum absolute atomic E-state index is 0.104. The number of ether oxygens (including phenoxy) is 1. The quantitative estimate of drug-likeness (QED) is 0.791. The molecule has 2 heterocycles. The van der Waals surface area contributed by atoms with Crippen molar-refractivity contribution in [1.29, 1.82) is 0 Å². The SMILES string of the molecule is CC.Cc1nn(CC(=O)OC(C)(C)C)c2cnccc12. The third-order valence-corrected chi connectivity index (χ3v) is 2.44. The average Bonchev–Trinajstić information content (AvgIpc) is 2.67. The molecule has 0 amide bonds. The molecular weight excluding hydrogens is 254 g/mol. The number of nitrogens with zero attached hydrogens (tertiary/aromatic N) is 3. The largest absolute Gasteiger partial charge is 0.459 e. The van der Waals surface area contributed by atoms with Crippen molar-refractivity contribution in [3.8, 4) is 0 Å². The second-order valence-corrected chi connectivity index (χ2v) is 5.22. The number of carbonyl (C=O) groups is 1. The predicted octanol–water partition coefficient (Wildman–Crippen LogP) is 3.11. The van der Waals surface area contributed by atoms with Crippen molar-refractivity contribution >= 4 is 16.9 Å². The molecule has 0 radical (unpaired) electrons. The molecule has 0 aromatic carbocycles. The van der Waals surface area contributed by atoms with Gasteiger partial charge < -0.3 is 4.74 Å². The summed E-state index contributed by atoms with van der Waals surface area (Å²) in [6, 6.07) is 1.89. The first-order chi connectivity index (χ1) is 9.37. The Morgan fingerprint density at radius 1 is 1.35 bits per heavy atom. The Hall–Kier alpha value is -1.91. The lowest BCUT2D eigenvalue weighted by Crippen LogP contribution is -2.26. The molecule has 2 rings (SSSR count). The summed E-state index contributed by atoms with van der Waals surface area (Å²) >= 11 is 0. The van der Waals surface area contributed by atoms with E-state index in [0.717, 1.165) is 16.6 Å². The van der Waals surface area contributed by atoms with Crippen molar-refractivity contribution in [1.82, 2.24) is 14.8 Å². The fourth-order valence-corrected chi connectivity index (χ4v) is 1.80. The van der Waals surface area contributed by atoms with Gasteiger partial charge in [-0.3, -0.25) is 14.5 Å². The summed E-state index contributed by atoms with van der Waals surface area (Å²) < 4.78 is 6.91. The molecule has 0 bridgehead atoms. The summed E-state index contributed by atoms with van der Waals surface area (Å²) in [6.45, 7) is 11.6. The first-order valence-corrected chi connectivity index (χ1v) is 6.86. The molecule has 0 unspecified atom stereocenters. The minimum Gasteiger partial charge on any atom is -0.459 e. The van der Waals surface area contributed by atoms with E-state index in [1.165, 1.54) is 0 Å². The molecule has 2 aromatic rings. The normalized spacial score (nSPS) is 10.9. The van der Waals surface area contributed by atoms with Gasteiger partial charge in [-0.1, -0.05) is 13.8 Å². The highest BCUT2D eigenvalue weighted by Crippen LogP contribution is 2.16. The molecule has 2 aromatic heterocycles. The number of aryl methyl sites for hydroxylation is 1.